The molecule has 0 aliphatic carbocycles. The van der Waals surface area contributed by atoms with E-state index in [-0.39, 0.29) is 17.9 Å². The van der Waals surface area contributed by atoms with Crippen LogP contribution in [0.25, 0.3) is 0 Å². The van der Waals surface area contributed by atoms with E-state index in [4.69, 9.17) is 4.74 Å². The van der Waals surface area contributed by atoms with Crippen molar-refractivity contribution in [1.29, 1.82) is 0 Å². The molecule has 0 saturated carbocycles. The van der Waals surface area contributed by atoms with Gasteiger partial charge < -0.3 is 15.0 Å². The first-order chi connectivity index (χ1) is 13.9. The van der Waals surface area contributed by atoms with Crippen LogP contribution >= 0.6 is 0 Å². The van der Waals surface area contributed by atoms with Gasteiger partial charge in [-0.15, -0.1) is 0 Å². The summed E-state index contributed by atoms with van der Waals surface area (Å²) >= 11 is 0. The number of hydrogen-bond donors (Lipinski definition) is 1. The third kappa shape index (κ3) is 5.91. The van der Waals surface area contributed by atoms with Crippen LogP contribution in [0.5, 0.6) is 5.75 Å². The highest BCUT2D eigenvalue weighted by molar-refractivity contribution is 5.94. The Balaban J connectivity index is 1.50. The molecule has 6 heteroatoms. The molecule has 2 aromatic carbocycles. The van der Waals surface area contributed by atoms with Gasteiger partial charge in [0.1, 0.15) is 5.75 Å². The average molecular weight is 394 g/mol. The highest BCUT2D eigenvalue weighted by Crippen LogP contribution is 2.18. The lowest BCUT2D eigenvalue weighted by molar-refractivity contribution is -0.131. The number of esters is 1. The molecule has 0 aromatic heterocycles. The number of nitrogens with one attached hydrogen (secondary N) is 1. The molecule has 1 heterocycles. The fraction of sp³-hybridized carbons (Fsp3) is 0.348. The summed E-state index contributed by atoms with van der Waals surface area (Å²) in [6, 6.07) is 14.7. The maximum absolute atomic E-state index is 12.7. The Morgan fingerprint density at radius 1 is 1.07 bits per heavy atom. The number of piperidine rings is 1. The Hall–Kier alpha value is -3.15. The zero-order valence-corrected chi connectivity index (χ0v) is 16.8. The summed E-state index contributed by atoms with van der Waals surface area (Å²) in [6.07, 6.45) is 1.80. The van der Waals surface area contributed by atoms with Crippen molar-refractivity contribution in [1.82, 2.24) is 10.2 Å². The number of benzene rings is 2. The van der Waals surface area contributed by atoms with E-state index in [1.807, 2.05) is 31.2 Å². The monoisotopic (exact) mass is 394 g/mol. The third-order valence-electron chi connectivity index (χ3n) is 4.94. The molecule has 0 unspecified atom stereocenters. The van der Waals surface area contributed by atoms with Gasteiger partial charge >= 0.3 is 5.97 Å². The van der Waals surface area contributed by atoms with E-state index in [0.717, 1.165) is 24.0 Å². The van der Waals surface area contributed by atoms with Crippen molar-refractivity contribution < 1.29 is 19.1 Å². The van der Waals surface area contributed by atoms with E-state index in [0.29, 0.717) is 30.8 Å². The third-order valence-corrected chi connectivity index (χ3v) is 4.94. The smallest absolute Gasteiger partial charge is 0.308 e. The number of amides is 2. The Kier molecular flexibility index (Phi) is 6.65. The van der Waals surface area contributed by atoms with Gasteiger partial charge in [-0.1, -0.05) is 35.9 Å². The van der Waals surface area contributed by atoms with E-state index in [1.54, 1.807) is 29.2 Å². The molecule has 1 saturated heterocycles. The number of aryl methyl sites for hydroxylation is 1. The summed E-state index contributed by atoms with van der Waals surface area (Å²) in [4.78, 5) is 37.9. The van der Waals surface area contributed by atoms with Crippen LogP contribution in [0.2, 0.25) is 0 Å². The first kappa shape index (κ1) is 20.6. The van der Waals surface area contributed by atoms with Crippen LogP contribution in [-0.2, 0) is 16.0 Å². The number of likely N-dealkylation sites (tertiary alicyclic amines) is 1. The van der Waals surface area contributed by atoms with Gasteiger partial charge in [0.05, 0.1) is 6.42 Å². The summed E-state index contributed by atoms with van der Waals surface area (Å²) in [5, 5.41) is 3.08. The molecule has 0 atom stereocenters. The summed E-state index contributed by atoms with van der Waals surface area (Å²) in [5.74, 6) is -0.142. The topological polar surface area (TPSA) is 75.7 Å². The first-order valence-electron chi connectivity index (χ1n) is 9.83. The Morgan fingerprint density at radius 3 is 2.48 bits per heavy atom. The molecule has 152 valence electrons. The molecule has 2 amide bonds. The molecule has 1 aliphatic rings. The summed E-state index contributed by atoms with van der Waals surface area (Å²) < 4.78 is 5.05. The second-order valence-corrected chi connectivity index (χ2v) is 7.42. The van der Waals surface area contributed by atoms with Crippen LogP contribution in [0, 0.1) is 6.92 Å². The SMILES string of the molecule is CC(=O)Oc1cccc(C(=O)N2CCC(NC(=O)Cc3cccc(C)c3)CC2)c1. The predicted molar refractivity (Wildman–Crippen MR) is 110 cm³/mol. The van der Waals surface area contributed by atoms with Crippen molar-refractivity contribution in [3.05, 3.63) is 65.2 Å². The number of carbonyl (C=O) groups excluding carboxylic acids is 3. The van der Waals surface area contributed by atoms with Gasteiger partial charge in [0.25, 0.3) is 5.91 Å². The molecule has 3 rings (SSSR count). The van der Waals surface area contributed by atoms with E-state index in [2.05, 4.69) is 5.32 Å². The number of nitrogens with zero attached hydrogens (tertiary/aromatic N) is 1. The van der Waals surface area contributed by atoms with Gasteiger partial charge in [-0.2, -0.15) is 0 Å². The zero-order valence-electron chi connectivity index (χ0n) is 16.8. The quantitative estimate of drug-likeness (QED) is 0.625. The highest BCUT2D eigenvalue weighted by Gasteiger charge is 2.25. The Morgan fingerprint density at radius 2 is 1.79 bits per heavy atom. The molecule has 0 spiro atoms. The molecule has 1 aliphatic heterocycles. The van der Waals surface area contributed by atoms with E-state index in [9.17, 15) is 14.4 Å². The largest absolute Gasteiger partial charge is 0.427 e. The molecule has 1 N–H and O–H groups in total. The molecule has 0 bridgehead atoms. The van der Waals surface area contributed by atoms with Gasteiger partial charge in [0.2, 0.25) is 5.91 Å². The normalized spacial score (nSPS) is 14.3. The first-order valence-corrected chi connectivity index (χ1v) is 9.83. The number of hydrogen-bond acceptors (Lipinski definition) is 4. The van der Waals surface area contributed by atoms with E-state index in [1.165, 1.54) is 6.92 Å². The van der Waals surface area contributed by atoms with Gasteiger partial charge in [-0.05, 0) is 43.5 Å². The summed E-state index contributed by atoms with van der Waals surface area (Å²) in [5.41, 5.74) is 2.63. The maximum atomic E-state index is 12.7. The minimum absolute atomic E-state index is 0.00876. The predicted octanol–water partition coefficient (Wildman–Crippen LogP) is 2.88. The Bertz CT molecular complexity index is 901. The van der Waals surface area contributed by atoms with Crippen molar-refractivity contribution in [3.63, 3.8) is 0 Å². The van der Waals surface area contributed by atoms with Crippen molar-refractivity contribution in [2.75, 3.05) is 13.1 Å². The van der Waals surface area contributed by atoms with Crippen LogP contribution in [0.4, 0.5) is 0 Å². The van der Waals surface area contributed by atoms with Crippen LogP contribution in [0.15, 0.2) is 48.5 Å². The lowest BCUT2D eigenvalue weighted by Crippen LogP contribution is -2.46. The lowest BCUT2D eigenvalue weighted by atomic mass is 10.0. The number of rotatable bonds is 5. The minimum atomic E-state index is -0.420. The number of ether oxygens (including phenoxy) is 1. The van der Waals surface area contributed by atoms with Crippen molar-refractivity contribution in [2.45, 2.75) is 39.2 Å². The van der Waals surface area contributed by atoms with E-state index < -0.39 is 5.97 Å². The molecular weight excluding hydrogens is 368 g/mol. The standard InChI is InChI=1S/C23H26N2O4/c1-16-5-3-6-18(13-16)14-22(27)24-20-9-11-25(12-10-20)23(28)19-7-4-8-21(15-19)29-17(2)26/h3-8,13,15,20H,9-12,14H2,1-2H3,(H,24,27). The van der Waals surface area contributed by atoms with Crippen molar-refractivity contribution in [2.24, 2.45) is 0 Å². The lowest BCUT2D eigenvalue weighted by Gasteiger charge is -2.32. The van der Waals surface area contributed by atoms with Crippen LogP contribution in [-0.4, -0.2) is 41.8 Å². The zero-order chi connectivity index (χ0) is 20.8. The summed E-state index contributed by atoms with van der Waals surface area (Å²) in [7, 11) is 0. The fourth-order valence-electron chi connectivity index (χ4n) is 3.55. The van der Waals surface area contributed by atoms with Gasteiger partial charge in [0, 0.05) is 31.6 Å². The van der Waals surface area contributed by atoms with Crippen LogP contribution in [0.1, 0.15) is 41.3 Å². The van der Waals surface area contributed by atoms with E-state index >= 15 is 0 Å². The minimum Gasteiger partial charge on any atom is -0.427 e. The van der Waals surface area contributed by atoms with Gasteiger partial charge in [-0.3, -0.25) is 14.4 Å². The second kappa shape index (κ2) is 9.37. The van der Waals surface area contributed by atoms with Crippen LogP contribution < -0.4 is 10.1 Å². The van der Waals surface area contributed by atoms with Gasteiger partial charge in [-0.25, -0.2) is 0 Å². The molecule has 6 nitrogen and oxygen atoms in total. The molecule has 29 heavy (non-hydrogen) atoms. The number of carbonyl (C=O) groups is 3. The molecular formula is C23H26N2O4. The highest BCUT2D eigenvalue weighted by atomic mass is 16.5. The van der Waals surface area contributed by atoms with Crippen molar-refractivity contribution in [3.8, 4) is 5.75 Å². The van der Waals surface area contributed by atoms with Crippen LogP contribution in [0.3, 0.4) is 0 Å². The Labute approximate surface area is 170 Å². The fourth-order valence-corrected chi connectivity index (χ4v) is 3.55. The maximum Gasteiger partial charge on any atom is 0.308 e. The van der Waals surface area contributed by atoms with Gasteiger partial charge in [0.15, 0.2) is 0 Å². The molecule has 1 fully saturated rings. The van der Waals surface area contributed by atoms with Crippen molar-refractivity contribution >= 4 is 17.8 Å². The average Bonchev–Trinajstić information content (AvgIpc) is 2.67. The second-order valence-electron chi connectivity index (χ2n) is 7.42. The summed E-state index contributed by atoms with van der Waals surface area (Å²) in [6.45, 7) is 4.49. The molecule has 0 radical (unpaired) electrons. The molecule has 2 aromatic rings.